The van der Waals surface area contributed by atoms with Crippen LogP contribution in [0.5, 0.6) is 0 Å². The highest BCUT2D eigenvalue weighted by Gasteiger charge is 2.29. The van der Waals surface area contributed by atoms with Gasteiger partial charge in [0.05, 0.1) is 22.4 Å². The van der Waals surface area contributed by atoms with Crippen LogP contribution in [-0.4, -0.2) is 29.6 Å². The molecule has 7 nitrogen and oxygen atoms in total. The van der Waals surface area contributed by atoms with Crippen LogP contribution in [0.3, 0.4) is 0 Å². The summed E-state index contributed by atoms with van der Waals surface area (Å²) in [6.07, 6.45) is 0.249. The first-order valence-corrected chi connectivity index (χ1v) is 11.1. The Hall–Kier alpha value is -3.13. The molecular weight excluding hydrogens is 404 g/mol. The summed E-state index contributed by atoms with van der Waals surface area (Å²) < 4.78 is 34.6. The molecule has 0 unspecified atom stereocenters. The van der Waals surface area contributed by atoms with Crippen molar-refractivity contribution in [2.75, 3.05) is 0 Å². The molecule has 0 fully saturated rings. The number of nitrogens with zero attached hydrogens (tertiary/aromatic N) is 2. The molecule has 2 aromatic heterocycles. The van der Waals surface area contributed by atoms with Gasteiger partial charge < -0.3 is 13.9 Å². The Kier molecular flexibility index (Phi) is 4.89. The first-order chi connectivity index (χ1) is 14.2. The molecule has 0 radical (unpaired) electrons. The lowest BCUT2D eigenvalue weighted by Crippen LogP contribution is -2.29. The molecule has 1 aliphatic heterocycles. The lowest BCUT2D eigenvalue weighted by molar-refractivity contribution is 0.0365. The van der Waals surface area contributed by atoms with Crippen LogP contribution in [0.2, 0.25) is 0 Å². The van der Waals surface area contributed by atoms with Crippen LogP contribution in [0.15, 0.2) is 63.1 Å². The van der Waals surface area contributed by atoms with Crippen LogP contribution >= 0.6 is 0 Å². The minimum absolute atomic E-state index is 0.0833. The lowest BCUT2D eigenvalue weighted by Gasteiger charge is -2.24. The summed E-state index contributed by atoms with van der Waals surface area (Å²) in [6.45, 7) is 4.05. The van der Waals surface area contributed by atoms with Crippen LogP contribution in [-0.2, 0) is 34.6 Å². The Morgan fingerprint density at radius 3 is 2.47 bits per heavy atom. The molecule has 3 aromatic rings. The molecular formula is C22H22N2O5S. The number of ether oxygens (including phenoxy) is 1. The molecule has 0 amide bonds. The number of hydrogen-bond donors (Lipinski definition) is 0. The van der Waals surface area contributed by atoms with Gasteiger partial charge in [-0.2, -0.15) is 0 Å². The van der Waals surface area contributed by atoms with E-state index in [1.807, 2.05) is 4.57 Å². The second kappa shape index (κ2) is 7.28. The predicted molar refractivity (Wildman–Crippen MR) is 111 cm³/mol. The number of carbonyl (C=O) groups is 1. The first kappa shape index (κ1) is 20.2. The molecule has 0 saturated carbocycles. The Balaban J connectivity index is 1.86. The standard InChI is InChI=1S/C22H22N2O5S/c1-14(2)29-22(26)18-10-9-17-20-15(11-12-24(17)18)13-19(21(25)23(20)3)30(27,28)16-7-5-4-6-8-16/h4-10,13-14H,11-12H2,1-3H3. The maximum atomic E-state index is 13.1. The van der Waals surface area contributed by atoms with Gasteiger partial charge in [-0.25, -0.2) is 13.2 Å². The summed E-state index contributed by atoms with van der Waals surface area (Å²) in [4.78, 5) is 25.3. The van der Waals surface area contributed by atoms with E-state index in [4.69, 9.17) is 4.74 Å². The Labute approximate surface area is 174 Å². The molecule has 0 spiro atoms. The number of sulfone groups is 1. The summed E-state index contributed by atoms with van der Waals surface area (Å²) in [5.74, 6) is -0.423. The van der Waals surface area contributed by atoms with Crippen molar-refractivity contribution in [3.8, 4) is 11.4 Å². The molecule has 3 heterocycles. The second-order valence-electron chi connectivity index (χ2n) is 7.52. The summed E-state index contributed by atoms with van der Waals surface area (Å²) in [5.41, 5.74) is 1.87. The molecule has 30 heavy (non-hydrogen) atoms. The van der Waals surface area contributed by atoms with Gasteiger partial charge in [0.1, 0.15) is 10.6 Å². The smallest absolute Gasteiger partial charge is 0.355 e. The average molecular weight is 426 g/mol. The fourth-order valence-corrected chi connectivity index (χ4v) is 5.25. The molecule has 1 aliphatic rings. The van der Waals surface area contributed by atoms with Crippen molar-refractivity contribution >= 4 is 15.8 Å². The van der Waals surface area contributed by atoms with Crippen LogP contribution in [0.1, 0.15) is 29.9 Å². The van der Waals surface area contributed by atoms with Gasteiger partial charge in [0.15, 0.2) is 0 Å². The third-order valence-corrected chi connectivity index (χ3v) is 6.95. The molecule has 0 bridgehead atoms. The highest BCUT2D eigenvalue weighted by molar-refractivity contribution is 7.91. The quantitative estimate of drug-likeness (QED) is 0.599. The van der Waals surface area contributed by atoms with E-state index in [0.29, 0.717) is 30.0 Å². The normalized spacial score (nSPS) is 13.1. The van der Waals surface area contributed by atoms with Crippen LogP contribution in [0, 0.1) is 0 Å². The van der Waals surface area contributed by atoms with E-state index >= 15 is 0 Å². The number of aryl methyl sites for hydroxylation is 1. The van der Waals surface area contributed by atoms with Crippen molar-refractivity contribution in [3.63, 3.8) is 0 Å². The average Bonchev–Trinajstić information content (AvgIpc) is 3.14. The van der Waals surface area contributed by atoms with Gasteiger partial charge in [0.25, 0.3) is 5.56 Å². The zero-order valence-electron chi connectivity index (χ0n) is 17.0. The predicted octanol–water partition coefficient (Wildman–Crippen LogP) is 2.81. The SMILES string of the molecule is CC(C)OC(=O)c1ccc2n1CCc1cc(S(=O)(=O)c3ccccc3)c(=O)n(C)c1-2. The van der Waals surface area contributed by atoms with Gasteiger partial charge in [-0.15, -0.1) is 0 Å². The summed E-state index contributed by atoms with van der Waals surface area (Å²) in [6, 6.07) is 12.8. The number of carbonyl (C=O) groups excluding carboxylic acids is 1. The van der Waals surface area contributed by atoms with Crippen molar-refractivity contribution in [2.24, 2.45) is 7.05 Å². The van der Waals surface area contributed by atoms with Crippen LogP contribution in [0.4, 0.5) is 0 Å². The third-order valence-electron chi connectivity index (χ3n) is 5.18. The van der Waals surface area contributed by atoms with Crippen molar-refractivity contribution in [2.45, 2.75) is 42.7 Å². The number of esters is 1. The molecule has 0 aliphatic carbocycles. The number of fused-ring (bicyclic) bond motifs is 3. The highest BCUT2D eigenvalue weighted by Crippen LogP contribution is 2.32. The minimum atomic E-state index is -3.94. The van der Waals surface area contributed by atoms with E-state index in [2.05, 4.69) is 0 Å². The second-order valence-corrected chi connectivity index (χ2v) is 9.44. The number of benzene rings is 1. The number of pyridine rings is 1. The first-order valence-electron chi connectivity index (χ1n) is 9.65. The molecule has 0 atom stereocenters. The maximum Gasteiger partial charge on any atom is 0.355 e. The number of aromatic nitrogens is 2. The largest absolute Gasteiger partial charge is 0.458 e. The lowest BCUT2D eigenvalue weighted by atomic mass is 10.0. The van der Waals surface area contributed by atoms with Gasteiger partial charge in [-0.1, -0.05) is 18.2 Å². The summed E-state index contributed by atoms with van der Waals surface area (Å²) >= 11 is 0. The number of hydrogen-bond acceptors (Lipinski definition) is 5. The molecule has 4 rings (SSSR count). The summed E-state index contributed by atoms with van der Waals surface area (Å²) in [7, 11) is -2.38. The molecule has 156 valence electrons. The van der Waals surface area contributed by atoms with Crippen molar-refractivity contribution in [3.05, 3.63) is 70.1 Å². The molecule has 1 aromatic carbocycles. The zero-order chi connectivity index (χ0) is 21.6. The Morgan fingerprint density at radius 1 is 1.10 bits per heavy atom. The van der Waals surface area contributed by atoms with Gasteiger partial charge in [-0.05, 0) is 56.2 Å². The van der Waals surface area contributed by atoms with Crippen molar-refractivity contribution in [1.82, 2.24) is 9.13 Å². The molecule has 0 N–H and O–H groups in total. The molecule has 0 saturated heterocycles. The van der Waals surface area contributed by atoms with E-state index in [1.165, 1.54) is 22.8 Å². The topological polar surface area (TPSA) is 87.4 Å². The third kappa shape index (κ3) is 3.17. The fourth-order valence-electron chi connectivity index (χ4n) is 3.82. The fraction of sp³-hybridized carbons (Fsp3) is 0.273. The van der Waals surface area contributed by atoms with Gasteiger partial charge in [0.2, 0.25) is 9.84 Å². The van der Waals surface area contributed by atoms with E-state index < -0.39 is 21.4 Å². The van der Waals surface area contributed by atoms with E-state index in [9.17, 15) is 18.0 Å². The monoisotopic (exact) mass is 426 g/mol. The summed E-state index contributed by atoms with van der Waals surface area (Å²) in [5, 5.41) is 0. The highest BCUT2D eigenvalue weighted by atomic mass is 32.2. The van der Waals surface area contributed by atoms with E-state index in [1.54, 1.807) is 51.2 Å². The Morgan fingerprint density at radius 2 is 1.80 bits per heavy atom. The minimum Gasteiger partial charge on any atom is -0.458 e. The van der Waals surface area contributed by atoms with Gasteiger partial charge in [0, 0.05) is 13.6 Å². The van der Waals surface area contributed by atoms with Crippen molar-refractivity contribution in [1.29, 1.82) is 0 Å². The van der Waals surface area contributed by atoms with E-state index in [-0.39, 0.29) is 15.9 Å². The molecule has 8 heteroatoms. The zero-order valence-corrected chi connectivity index (χ0v) is 17.8. The maximum absolute atomic E-state index is 13.1. The Bertz CT molecular complexity index is 1300. The van der Waals surface area contributed by atoms with Gasteiger partial charge >= 0.3 is 5.97 Å². The van der Waals surface area contributed by atoms with Crippen LogP contribution in [0.25, 0.3) is 11.4 Å². The van der Waals surface area contributed by atoms with Crippen LogP contribution < -0.4 is 5.56 Å². The van der Waals surface area contributed by atoms with E-state index in [0.717, 1.165) is 5.56 Å². The number of rotatable bonds is 4. The van der Waals surface area contributed by atoms with Crippen molar-refractivity contribution < 1.29 is 17.9 Å². The van der Waals surface area contributed by atoms with Gasteiger partial charge in [-0.3, -0.25) is 4.79 Å².